The lowest BCUT2D eigenvalue weighted by atomic mass is 10.1. The van der Waals surface area contributed by atoms with Crippen molar-refractivity contribution < 1.29 is 62.3 Å². The second kappa shape index (κ2) is 13.9. The van der Waals surface area contributed by atoms with Crippen molar-refractivity contribution in [1.82, 2.24) is 10.6 Å². The number of alkyl halides is 3. The quantitative estimate of drug-likeness (QED) is 0.225. The summed E-state index contributed by atoms with van der Waals surface area (Å²) in [5.41, 5.74) is 5.54. The van der Waals surface area contributed by atoms with Crippen LogP contribution in [0.1, 0.15) is 15.9 Å². The minimum absolute atomic E-state index is 0.000428. The number of thioether (sulfide) groups is 1. The average Bonchev–Trinajstić information content (AvgIpc) is 2.81. The number of carbonyl (C=O) groups excluding carboxylic acids is 3. The molecule has 2 amide bonds. The number of fused-ring (bicyclic) bond motifs is 1. The zero-order valence-electron chi connectivity index (χ0n) is 18.5. The van der Waals surface area contributed by atoms with Gasteiger partial charge in [0.1, 0.15) is 30.5 Å². The van der Waals surface area contributed by atoms with Crippen molar-refractivity contribution in [2.45, 2.75) is 30.1 Å². The van der Waals surface area contributed by atoms with Gasteiger partial charge < -0.3 is 41.5 Å². The Morgan fingerprint density at radius 1 is 1.27 bits per heavy atom. The lowest BCUT2D eigenvalue weighted by molar-refractivity contribution is -0.192. The Hall–Kier alpha value is -3.28. The highest BCUT2D eigenvalue weighted by atomic mass is 35.5. The smallest absolute Gasteiger partial charge is 0.490 e. The molecule has 0 unspecified atom stereocenters. The van der Waals surface area contributed by atoms with Gasteiger partial charge in [-0.3, -0.25) is 9.59 Å². The van der Waals surface area contributed by atoms with Gasteiger partial charge in [-0.1, -0.05) is 11.6 Å². The van der Waals surface area contributed by atoms with Crippen molar-refractivity contribution >= 4 is 53.1 Å². The molecule has 0 radical (unpaired) electrons. The standard InChI is InChI=1S/C17H20ClN3O8S.C2HF3O2/c18-9-2-1-7-8(13(9)23)5-30-6-12(16(26)27)21-15(25)11(4-29-17(7)28)20-14(24)10(19)3-22;3-2(4,5)1(6)7/h1-2,10-12,22-23H,3-6,19H2,(H,20,24)(H,21,25)(H,26,27);(H,6,7)/t10-,11-,12-;/m0./s1. The largest absolute Gasteiger partial charge is 0.506 e. The molecule has 8 N–H and O–H groups in total. The van der Waals surface area contributed by atoms with Gasteiger partial charge in [0.2, 0.25) is 11.8 Å². The number of hydrogen-bond donors (Lipinski definition) is 7. The third-order valence-electron chi connectivity index (χ3n) is 4.39. The van der Waals surface area contributed by atoms with E-state index in [1.807, 2.05) is 0 Å². The molecule has 0 aromatic heterocycles. The molecular weight excluding hydrogens is 555 g/mol. The molecule has 13 nitrogen and oxygen atoms in total. The van der Waals surface area contributed by atoms with Gasteiger partial charge in [-0.15, -0.1) is 0 Å². The number of nitrogens with two attached hydrogens (primary N) is 1. The number of aliphatic carboxylic acids is 2. The molecule has 18 heteroatoms. The number of benzene rings is 1. The van der Waals surface area contributed by atoms with Crippen LogP contribution in [0.2, 0.25) is 5.02 Å². The minimum atomic E-state index is -5.08. The summed E-state index contributed by atoms with van der Waals surface area (Å²) in [6.45, 7) is -1.33. The molecule has 1 aliphatic rings. The molecule has 0 saturated carbocycles. The Bertz CT molecular complexity index is 1040. The summed E-state index contributed by atoms with van der Waals surface area (Å²) in [5.74, 6) is -7.18. The van der Waals surface area contributed by atoms with E-state index >= 15 is 0 Å². The maximum Gasteiger partial charge on any atom is 0.490 e. The monoisotopic (exact) mass is 575 g/mol. The summed E-state index contributed by atoms with van der Waals surface area (Å²) in [6, 6.07) is -1.50. The first-order valence-corrected chi connectivity index (χ1v) is 11.4. The first-order chi connectivity index (χ1) is 17.1. The van der Waals surface area contributed by atoms with Crippen LogP contribution in [0.5, 0.6) is 5.75 Å². The Morgan fingerprint density at radius 2 is 1.86 bits per heavy atom. The summed E-state index contributed by atoms with van der Waals surface area (Å²) in [6.07, 6.45) is -5.08. The highest BCUT2D eigenvalue weighted by Gasteiger charge is 2.38. The molecule has 206 valence electrons. The highest BCUT2D eigenvalue weighted by Crippen LogP contribution is 2.33. The third-order valence-corrected chi connectivity index (χ3v) is 5.76. The SMILES string of the molecule is N[C@@H](CO)C(=O)N[C@H]1COC(=O)c2ccc(Cl)c(O)c2CSC[C@@H](C(=O)O)NC1=O.O=C(O)C(F)(F)F. The average molecular weight is 576 g/mol. The van der Waals surface area contributed by atoms with E-state index in [-0.39, 0.29) is 33.4 Å². The number of ether oxygens (including phenoxy) is 1. The van der Waals surface area contributed by atoms with E-state index in [0.29, 0.717) is 0 Å². The van der Waals surface area contributed by atoms with Crippen molar-refractivity contribution in [3.05, 3.63) is 28.3 Å². The van der Waals surface area contributed by atoms with Crippen LogP contribution < -0.4 is 16.4 Å². The number of esters is 1. The molecule has 1 aromatic rings. The first-order valence-electron chi connectivity index (χ1n) is 9.85. The number of hydrogen-bond acceptors (Lipinski definition) is 10. The van der Waals surface area contributed by atoms with Gasteiger partial charge in [0, 0.05) is 17.1 Å². The van der Waals surface area contributed by atoms with Crippen molar-refractivity contribution in [2.75, 3.05) is 19.0 Å². The van der Waals surface area contributed by atoms with Crippen LogP contribution in [0.25, 0.3) is 0 Å². The van der Waals surface area contributed by atoms with Gasteiger partial charge in [0.15, 0.2) is 0 Å². The number of cyclic esters (lactones) is 1. The predicted octanol–water partition coefficient (Wildman–Crippen LogP) is -0.544. The van der Waals surface area contributed by atoms with Gasteiger partial charge in [0.25, 0.3) is 0 Å². The van der Waals surface area contributed by atoms with Crippen molar-refractivity contribution in [1.29, 1.82) is 0 Å². The molecular formula is C19H21ClF3N3O10S. The van der Waals surface area contributed by atoms with Gasteiger partial charge in [-0.05, 0) is 12.1 Å². The summed E-state index contributed by atoms with van der Waals surface area (Å²) in [5, 5.41) is 40.1. The van der Waals surface area contributed by atoms with E-state index in [2.05, 4.69) is 10.6 Å². The maximum atomic E-state index is 12.5. The molecule has 1 aliphatic heterocycles. The second-order valence-electron chi connectivity index (χ2n) is 7.09. The highest BCUT2D eigenvalue weighted by molar-refractivity contribution is 7.98. The van der Waals surface area contributed by atoms with Gasteiger partial charge in [-0.25, -0.2) is 14.4 Å². The number of carboxylic acid groups (broad SMARTS) is 2. The molecule has 0 spiro atoms. The summed E-state index contributed by atoms with van der Waals surface area (Å²) in [4.78, 5) is 57.3. The number of phenols is 1. The number of amides is 2. The van der Waals surface area contributed by atoms with E-state index in [0.717, 1.165) is 11.8 Å². The van der Waals surface area contributed by atoms with Crippen LogP contribution in [-0.2, 0) is 29.7 Å². The molecule has 3 atom stereocenters. The molecule has 0 bridgehead atoms. The number of halogens is 4. The molecule has 1 heterocycles. The first kappa shape index (κ1) is 31.7. The zero-order valence-corrected chi connectivity index (χ0v) is 20.0. The van der Waals surface area contributed by atoms with Crippen molar-refractivity contribution in [3.63, 3.8) is 0 Å². The van der Waals surface area contributed by atoms with Crippen LogP contribution in [0.15, 0.2) is 12.1 Å². The molecule has 0 fully saturated rings. The number of aromatic hydroxyl groups is 1. The predicted molar refractivity (Wildman–Crippen MR) is 120 cm³/mol. The molecule has 0 aliphatic carbocycles. The number of phenolic OH excluding ortho intramolecular Hbond substituents is 1. The molecule has 2 rings (SSSR count). The maximum absolute atomic E-state index is 12.5. The van der Waals surface area contributed by atoms with Crippen LogP contribution in [0, 0.1) is 0 Å². The van der Waals surface area contributed by atoms with E-state index in [1.165, 1.54) is 12.1 Å². The third kappa shape index (κ3) is 9.60. The fourth-order valence-corrected chi connectivity index (χ4v) is 3.71. The van der Waals surface area contributed by atoms with Gasteiger partial charge in [-0.2, -0.15) is 24.9 Å². The van der Waals surface area contributed by atoms with Crippen molar-refractivity contribution in [2.24, 2.45) is 5.73 Å². The zero-order chi connectivity index (χ0) is 28.5. The summed E-state index contributed by atoms with van der Waals surface area (Å²) < 4.78 is 36.8. The number of carbonyl (C=O) groups is 5. The second-order valence-corrected chi connectivity index (χ2v) is 8.53. The molecule has 1 aromatic carbocycles. The normalized spacial score (nSPS) is 19.3. The minimum Gasteiger partial charge on any atom is -0.506 e. The molecule has 37 heavy (non-hydrogen) atoms. The number of carboxylic acids is 2. The Labute approximate surface area is 215 Å². The van der Waals surface area contributed by atoms with E-state index in [4.69, 9.17) is 37.1 Å². The van der Waals surface area contributed by atoms with Crippen LogP contribution in [0.3, 0.4) is 0 Å². The Balaban J connectivity index is 0.000000856. The molecule has 0 saturated heterocycles. The Morgan fingerprint density at radius 3 is 2.38 bits per heavy atom. The fourth-order valence-electron chi connectivity index (χ4n) is 2.45. The Kier molecular flexibility index (Phi) is 11.9. The fraction of sp³-hybridized carbons (Fsp3) is 0.421. The van der Waals surface area contributed by atoms with Crippen LogP contribution >= 0.6 is 23.4 Å². The van der Waals surface area contributed by atoms with E-state index < -0.39 is 67.2 Å². The van der Waals surface area contributed by atoms with Crippen molar-refractivity contribution in [3.8, 4) is 5.75 Å². The van der Waals surface area contributed by atoms with Gasteiger partial charge >= 0.3 is 24.1 Å². The van der Waals surface area contributed by atoms with Gasteiger partial charge in [0.05, 0.1) is 17.2 Å². The van der Waals surface area contributed by atoms with Crippen LogP contribution in [0.4, 0.5) is 13.2 Å². The number of aliphatic hydroxyl groups is 1. The lowest BCUT2D eigenvalue weighted by Gasteiger charge is -2.23. The van der Waals surface area contributed by atoms with E-state index in [1.54, 1.807) is 0 Å². The number of aliphatic hydroxyl groups excluding tert-OH is 1. The van der Waals surface area contributed by atoms with E-state index in [9.17, 15) is 42.6 Å². The van der Waals surface area contributed by atoms with Crippen LogP contribution in [-0.4, -0.2) is 93.4 Å². The summed E-state index contributed by atoms with van der Waals surface area (Å²) >= 11 is 6.93. The number of nitrogens with one attached hydrogen (secondary N) is 2. The lowest BCUT2D eigenvalue weighted by Crippen LogP contribution is -2.57. The topological polar surface area (TPSA) is 226 Å². The number of rotatable bonds is 4. The summed E-state index contributed by atoms with van der Waals surface area (Å²) in [7, 11) is 0.